The van der Waals surface area contributed by atoms with E-state index < -0.39 is 15.9 Å². The Labute approximate surface area is 182 Å². The second-order valence-electron chi connectivity index (χ2n) is 7.65. The molecular weight excluding hydrogens is 416 g/mol. The SMILES string of the molecule is CN=CC(C(C)=N)c1nc(-c2cc(S(=O)(=O)NCC3CCOC3)ccc2C)cnc1N. The number of nitrogen functional groups attached to an aromatic ring is 1. The highest BCUT2D eigenvalue weighted by atomic mass is 32.2. The van der Waals surface area contributed by atoms with Gasteiger partial charge in [-0.2, -0.15) is 0 Å². The number of ether oxygens (including phenoxy) is 1. The molecule has 2 heterocycles. The van der Waals surface area contributed by atoms with Crippen LogP contribution in [0.2, 0.25) is 0 Å². The number of nitrogens with two attached hydrogens (primary N) is 1. The van der Waals surface area contributed by atoms with Gasteiger partial charge in [0.25, 0.3) is 0 Å². The van der Waals surface area contributed by atoms with Gasteiger partial charge in [-0.25, -0.2) is 23.1 Å². The highest BCUT2D eigenvalue weighted by molar-refractivity contribution is 7.89. The number of sulfonamides is 1. The molecule has 2 aromatic rings. The summed E-state index contributed by atoms with van der Waals surface area (Å²) >= 11 is 0. The van der Waals surface area contributed by atoms with Crippen molar-refractivity contribution in [1.29, 1.82) is 5.41 Å². The highest BCUT2D eigenvalue weighted by Crippen LogP contribution is 2.28. The summed E-state index contributed by atoms with van der Waals surface area (Å²) in [6.07, 6.45) is 3.96. The minimum atomic E-state index is -3.69. The average Bonchev–Trinajstić information content (AvgIpc) is 3.25. The Kier molecular flexibility index (Phi) is 7.14. The number of benzene rings is 1. The van der Waals surface area contributed by atoms with Gasteiger partial charge in [-0.15, -0.1) is 0 Å². The number of rotatable bonds is 8. The molecule has 3 rings (SSSR count). The van der Waals surface area contributed by atoms with Crippen molar-refractivity contribution < 1.29 is 13.2 Å². The molecule has 2 atom stereocenters. The molecule has 9 nitrogen and oxygen atoms in total. The molecule has 0 spiro atoms. The summed E-state index contributed by atoms with van der Waals surface area (Å²) < 4.78 is 33.7. The van der Waals surface area contributed by atoms with Crippen molar-refractivity contribution in [3.8, 4) is 11.3 Å². The standard InChI is InChI=1S/C21H28N6O3S/c1-13-4-5-16(31(28,29)26-9-15-6-7-30-12-15)8-17(13)19-11-25-21(23)20(27-19)18(10-24-3)14(2)22/h4-5,8,10-11,15,18,22,26H,6-7,9,12H2,1-3H3,(H2,23,25). The molecular formula is C21H28N6O3S. The van der Waals surface area contributed by atoms with Crippen LogP contribution < -0.4 is 10.5 Å². The molecule has 1 aromatic heterocycles. The van der Waals surface area contributed by atoms with Gasteiger partial charge < -0.3 is 15.9 Å². The summed E-state index contributed by atoms with van der Waals surface area (Å²) in [5, 5.41) is 8.03. The van der Waals surface area contributed by atoms with E-state index in [4.69, 9.17) is 15.9 Å². The topological polar surface area (TPSA) is 143 Å². The van der Waals surface area contributed by atoms with Crippen molar-refractivity contribution in [3.05, 3.63) is 35.7 Å². The predicted molar refractivity (Wildman–Crippen MR) is 121 cm³/mol. The summed E-state index contributed by atoms with van der Waals surface area (Å²) in [4.78, 5) is 13.0. The van der Waals surface area contributed by atoms with Crippen LogP contribution in [0.4, 0.5) is 5.82 Å². The Morgan fingerprint density at radius 3 is 2.90 bits per heavy atom. The maximum Gasteiger partial charge on any atom is 0.240 e. The van der Waals surface area contributed by atoms with E-state index in [9.17, 15) is 8.42 Å². The molecule has 1 fully saturated rings. The van der Waals surface area contributed by atoms with Crippen molar-refractivity contribution in [1.82, 2.24) is 14.7 Å². The number of aliphatic imine (C=N–C) groups is 1. The van der Waals surface area contributed by atoms with Crippen LogP contribution in [-0.4, -0.2) is 57.1 Å². The lowest BCUT2D eigenvalue weighted by Crippen LogP contribution is -2.29. The molecule has 0 radical (unpaired) electrons. The average molecular weight is 445 g/mol. The summed E-state index contributed by atoms with van der Waals surface area (Å²) in [7, 11) is -2.07. The highest BCUT2D eigenvalue weighted by Gasteiger charge is 2.22. The lowest BCUT2D eigenvalue weighted by atomic mass is 10.00. The van der Waals surface area contributed by atoms with Crippen LogP contribution in [-0.2, 0) is 14.8 Å². The van der Waals surface area contributed by atoms with Gasteiger partial charge in [0, 0.05) is 37.7 Å². The van der Waals surface area contributed by atoms with Gasteiger partial charge in [0.05, 0.1) is 35.0 Å². The predicted octanol–water partition coefficient (Wildman–Crippen LogP) is 2.17. The molecule has 10 heteroatoms. The summed E-state index contributed by atoms with van der Waals surface area (Å²) in [5.74, 6) is -0.103. The molecule has 1 saturated heterocycles. The Morgan fingerprint density at radius 1 is 1.48 bits per heavy atom. The minimum Gasteiger partial charge on any atom is -0.382 e. The zero-order valence-corrected chi connectivity index (χ0v) is 18.7. The van der Waals surface area contributed by atoms with E-state index in [1.54, 1.807) is 38.4 Å². The van der Waals surface area contributed by atoms with E-state index in [0.717, 1.165) is 12.0 Å². The number of aromatic nitrogens is 2. The van der Waals surface area contributed by atoms with Crippen molar-refractivity contribution in [2.75, 3.05) is 32.5 Å². The number of nitrogens with one attached hydrogen (secondary N) is 2. The van der Waals surface area contributed by atoms with Gasteiger partial charge in [-0.3, -0.25) is 4.99 Å². The van der Waals surface area contributed by atoms with Crippen molar-refractivity contribution >= 4 is 27.8 Å². The number of nitrogens with zero attached hydrogens (tertiary/aromatic N) is 3. The first-order valence-corrected chi connectivity index (χ1v) is 11.5. The molecule has 1 aromatic carbocycles. The molecule has 166 valence electrons. The number of hydrogen-bond donors (Lipinski definition) is 3. The van der Waals surface area contributed by atoms with Crippen LogP contribution in [0.15, 0.2) is 34.3 Å². The Balaban J connectivity index is 1.96. The van der Waals surface area contributed by atoms with Gasteiger partial charge in [0.15, 0.2) is 0 Å². The monoisotopic (exact) mass is 444 g/mol. The molecule has 0 aliphatic carbocycles. The quantitative estimate of drug-likeness (QED) is 0.532. The third kappa shape index (κ3) is 5.33. The maximum atomic E-state index is 12.8. The second-order valence-corrected chi connectivity index (χ2v) is 9.42. The van der Waals surface area contributed by atoms with E-state index in [2.05, 4.69) is 19.7 Å². The third-order valence-electron chi connectivity index (χ3n) is 5.27. The first-order valence-electron chi connectivity index (χ1n) is 10.0. The van der Waals surface area contributed by atoms with Gasteiger partial charge in [-0.05, 0) is 43.9 Å². The minimum absolute atomic E-state index is 0.155. The molecule has 1 aliphatic rings. The molecule has 0 amide bonds. The second kappa shape index (κ2) is 9.63. The lowest BCUT2D eigenvalue weighted by Gasteiger charge is -2.15. The van der Waals surface area contributed by atoms with Crippen molar-refractivity contribution in [2.45, 2.75) is 31.1 Å². The van der Waals surface area contributed by atoms with Crippen LogP contribution >= 0.6 is 0 Å². The first kappa shape index (κ1) is 23.0. The van der Waals surface area contributed by atoms with Crippen molar-refractivity contribution in [3.63, 3.8) is 0 Å². The van der Waals surface area contributed by atoms with Crippen LogP contribution in [0.1, 0.15) is 30.5 Å². The third-order valence-corrected chi connectivity index (χ3v) is 6.69. The van der Waals surface area contributed by atoms with Crippen LogP contribution in [0, 0.1) is 18.3 Å². The Hall–Kier alpha value is -2.69. The summed E-state index contributed by atoms with van der Waals surface area (Å²) in [6.45, 7) is 5.10. The smallest absolute Gasteiger partial charge is 0.240 e. The zero-order chi connectivity index (χ0) is 22.6. The molecule has 4 N–H and O–H groups in total. The van der Waals surface area contributed by atoms with Gasteiger partial charge >= 0.3 is 0 Å². The number of hydrogen-bond acceptors (Lipinski definition) is 8. The molecule has 0 saturated carbocycles. The van der Waals surface area contributed by atoms with Gasteiger partial charge in [-0.1, -0.05) is 6.07 Å². The fraction of sp³-hybridized carbons (Fsp3) is 0.429. The van der Waals surface area contributed by atoms with Crippen LogP contribution in [0.3, 0.4) is 0 Å². The van der Waals surface area contributed by atoms with Crippen molar-refractivity contribution in [2.24, 2.45) is 10.9 Å². The molecule has 2 unspecified atom stereocenters. The van der Waals surface area contributed by atoms with E-state index in [0.29, 0.717) is 42.4 Å². The van der Waals surface area contributed by atoms with E-state index in [1.165, 1.54) is 6.20 Å². The Bertz CT molecular complexity index is 1090. The zero-order valence-electron chi connectivity index (χ0n) is 17.9. The fourth-order valence-electron chi connectivity index (χ4n) is 3.41. The number of aryl methyl sites for hydroxylation is 1. The van der Waals surface area contributed by atoms with Gasteiger partial charge in [0.2, 0.25) is 10.0 Å². The summed E-state index contributed by atoms with van der Waals surface area (Å²) in [5.41, 5.74) is 8.74. The largest absolute Gasteiger partial charge is 0.382 e. The van der Waals surface area contributed by atoms with Gasteiger partial charge in [0.1, 0.15) is 5.82 Å². The first-order chi connectivity index (χ1) is 14.7. The number of anilines is 1. The molecule has 31 heavy (non-hydrogen) atoms. The van der Waals surface area contributed by atoms with Crippen LogP contribution in [0.5, 0.6) is 0 Å². The fourth-order valence-corrected chi connectivity index (χ4v) is 4.55. The van der Waals surface area contributed by atoms with E-state index >= 15 is 0 Å². The molecule has 0 bridgehead atoms. The van der Waals surface area contributed by atoms with Crippen LogP contribution in [0.25, 0.3) is 11.3 Å². The normalized spacial score (nSPS) is 17.8. The maximum absolute atomic E-state index is 12.8. The van der Waals surface area contributed by atoms with E-state index in [1.807, 2.05) is 6.92 Å². The molecule has 1 aliphatic heterocycles. The Morgan fingerprint density at radius 2 is 2.26 bits per heavy atom. The summed E-state index contributed by atoms with van der Waals surface area (Å²) in [6, 6.07) is 4.91. The van der Waals surface area contributed by atoms with E-state index in [-0.39, 0.29) is 16.6 Å². The lowest BCUT2D eigenvalue weighted by molar-refractivity contribution is 0.186.